The van der Waals surface area contributed by atoms with Crippen LogP contribution in [0.25, 0.3) is 0 Å². The molecule has 0 fully saturated rings. The lowest BCUT2D eigenvalue weighted by molar-refractivity contribution is -0.122. The molecule has 0 saturated heterocycles. The van der Waals surface area contributed by atoms with E-state index in [1.807, 2.05) is 0 Å². The van der Waals surface area contributed by atoms with Crippen molar-refractivity contribution in [3.63, 3.8) is 0 Å². The first kappa shape index (κ1) is 11.1. The third-order valence-electron chi connectivity index (χ3n) is 3.11. The van der Waals surface area contributed by atoms with Crippen LogP contribution in [-0.4, -0.2) is 18.0 Å². The SMILES string of the molecule is CC(N)C(=O)NC1CCc2ccccc2C1. The Kier molecular flexibility index (Phi) is 3.25. The van der Waals surface area contributed by atoms with Gasteiger partial charge in [0.05, 0.1) is 6.04 Å². The highest BCUT2D eigenvalue weighted by Crippen LogP contribution is 2.20. The second-order valence-electron chi connectivity index (χ2n) is 4.51. The highest BCUT2D eigenvalue weighted by molar-refractivity contribution is 5.81. The molecule has 0 bridgehead atoms. The molecule has 3 heteroatoms. The minimum Gasteiger partial charge on any atom is -0.352 e. The standard InChI is InChI=1S/C13H18N2O/c1-9(14)13(16)15-12-7-6-10-4-2-3-5-11(10)8-12/h2-5,9,12H,6-8,14H2,1H3,(H,15,16). The van der Waals surface area contributed by atoms with Crippen LogP contribution in [0.15, 0.2) is 24.3 Å². The zero-order valence-electron chi connectivity index (χ0n) is 9.57. The Morgan fingerprint density at radius 2 is 2.12 bits per heavy atom. The number of rotatable bonds is 2. The number of hydrogen-bond donors (Lipinski definition) is 2. The van der Waals surface area contributed by atoms with Gasteiger partial charge in [-0.05, 0) is 37.3 Å². The molecule has 3 nitrogen and oxygen atoms in total. The van der Waals surface area contributed by atoms with Gasteiger partial charge in [0.25, 0.3) is 0 Å². The maximum absolute atomic E-state index is 11.5. The molecule has 2 atom stereocenters. The monoisotopic (exact) mass is 218 g/mol. The fourth-order valence-corrected chi connectivity index (χ4v) is 2.15. The van der Waals surface area contributed by atoms with Crippen LogP contribution in [0.3, 0.4) is 0 Å². The first-order valence-corrected chi connectivity index (χ1v) is 5.79. The fourth-order valence-electron chi connectivity index (χ4n) is 2.15. The van der Waals surface area contributed by atoms with E-state index in [1.165, 1.54) is 11.1 Å². The highest BCUT2D eigenvalue weighted by atomic mass is 16.2. The van der Waals surface area contributed by atoms with Gasteiger partial charge in [0, 0.05) is 6.04 Å². The van der Waals surface area contributed by atoms with E-state index in [1.54, 1.807) is 6.92 Å². The summed E-state index contributed by atoms with van der Waals surface area (Å²) in [4.78, 5) is 11.5. The van der Waals surface area contributed by atoms with Crippen molar-refractivity contribution in [2.45, 2.75) is 38.3 Å². The largest absolute Gasteiger partial charge is 0.352 e. The van der Waals surface area contributed by atoms with Gasteiger partial charge >= 0.3 is 0 Å². The molecule has 1 aromatic carbocycles. The Balaban J connectivity index is 2.00. The molecule has 2 unspecified atom stereocenters. The molecule has 0 spiro atoms. The van der Waals surface area contributed by atoms with Crippen LogP contribution in [0, 0.1) is 0 Å². The zero-order chi connectivity index (χ0) is 11.5. The quantitative estimate of drug-likeness (QED) is 0.778. The van der Waals surface area contributed by atoms with Gasteiger partial charge in [-0.15, -0.1) is 0 Å². The maximum atomic E-state index is 11.5. The molecule has 1 aliphatic carbocycles. The van der Waals surface area contributed by atoms with E-state index in [-0.39, 0.29) is 11.9 Å². The second kappa shape index (κ2) is 4.66. The average Bonchev–Trinajstić information content (AvgIpc) is 2.28. The van der Waals surface area contributed by atoms with Gasteiger partial charge in [0.2, 0.25) is 5.91 Å². The molecule has 1 aromatic rings. The fraction of sp³-hybridized carbons (Fsp3) is 0.462. The Morgan fingerprint density at radius 3 is 2.81 bits per heavy atom. The number of nitrogens with two attached hydrogens (primary N) is 1. The smallest absolute Gasteiger partial charge is 0.236 e. The summed E-state index contributed by atoms with van der Waals surface area (Å²) in [5, 5.41) is 3.00. The third-order valence-corrected chi connectivity index (χ3v) is 3.11. The highest BCUT2D eigenvalue weighted by Gasteiger charge is 2.20. The summed E-state index contributed by atoms with van der Waals surface area (Å²) in [6, 6.07) is 8.25. The number of amides is 1. The van der Waals surface area contributed by atoms with E-state index in [9.17, 15) is 4.79 Å². The summed E-state index contributed by atoms with van der Waals surface area (Å²) >= 11 is 0. The molecule has 16 heavy (non-hydrogen) atoms. The van der Waals surface area contributed by atoms with E-state index < -0.39 is 6.04 Å². The van der Waals surface area contributed by atoms with Crippen molar-refractivity contribution in [2.75, 3.05) is 0 Å². The van der Waals surface area contributed by atoms with Crippen LogP contribution >= 0.6 is 0 Å². The molecule has 0 saturated carbocycles. The van der Waals surface area contributed by atoms with Gasteiger partial charge in [-0.3, -0.25) is 4.79 Å². The Bertz CT molecular complexity index is 387. The second-order valence-corrected chi connectivity index (χ2v) is 4.51. The van der Waals surface area contributed by atoms with Gasteiger partial charge in [-0.1, -0.05) is 24.3 Å². The van der Waals surface area contributed by atoms with Crippen LogP contribution < -0.4 is 11.1 Å². The molecule has 2 rings (SSSR count). The summed E-state index contributed by atoms with van der Waals surface area (Å²) in [6.07, 6.45) is 2.98. The third kappa shape index (κ3) is 2.42. The van der Waals surface area contributed by atoms with Gasteiger partial charge in [-0.2, -0.15) is 0 Å². The predicted molar refractivity (Wildman–Crippen MR) is 64.0 cm³/mol. The van der Waals surface area contributed by atoms with Crippen molar-refractivity contribution in [3.05, 3.63) is 35.4 Å². The number of nitrogens with one attached hydrogen (secondary N) is 1. The van der Waals surface area contributed by atoms with Gasteiger partial charge in [0.15, 0.2) is 0 Å². The molecule has 86 valence electrons. The van der Waals surface area contributed by atoms with Crippen molar-refractivity contribution in [1.82, 2.24) is 5.32 Å². The Hall–Kier alpha value is -1.35. The minimum absolute atomic E-state index is 0.0515. The summed E-state index contributed by atoms with van der Waals surface area (Å²) < 4.78 is 0. The summed E-state index contributed by atoms with van der Waals surface area (Å²) in [5.74, 6) is -0.0515. The molecular formula is C13H18N2O. The van der Waals surface area contributed by atoms with E-state index in [4.69, 9.17) is 5.73 Å². The van der Waals surface area contributed by atoms with Crippen molar-refractivity contribution in [1.29, 1.82) is 0 Å². The van der Waals surface area contributed by atoms with Crippen LogP contribution in [-0.2, 0) is 17.6 Å². The number of hydrogen-bond acceptors (Lipinski definition) is 2. The number of carbonyl (C=O) groups is 1. The predicted octanol–water partition coefficient (Wildman–Crippen LogP) is 1.01. The van der Waals surface area contributed by atoms with Crippen LogP contribution in [0.5, 0.6) is 0 Å². The number of aryl methyl sites for hydroxylation is 1. The molecule has 0 radical (unpaired) electrons. The molecule has 1 amide bonds. The summed E-state index contributed by atoms with van der Waals surface area (Å²) in [6.45, 7) is 1.71. The van der Waals surface area contributed by atoms with Gasteiger partial charge < -0.3 is 11.1 Å². The summed E-state index contributed by atoms with van der Waals surface area (Å²) in [5.41, 5.74) is 8.30. The lowest BCUT2D eigenvalue weighted by atomic mass is 9.88. The van der Waals surface area contributed by atoms with Crippen molar-refractivity contribution < 1.29 is 4.79 Å². The van der Waals surface area contributed by atoms with Crippen LogP contribution in [0.1, 0.15) is 24.5 Å². The van der Waals surface area contributed by atoms with E-state index in [0.717, 1.165) is 19.3 Å². The number of benzene rings is 1. The average molecular weight is 218 g/mol. The van der Waals surface area contributed by atoms with E-state index in [0.29, 0.717) is 0 Å². The Morgan fingerprint density at radius 1 is 1.44 bits per heavy atom. The first-order chi connectivity index (χ1) is 7.66. The minimum atomic E-state index is -0.419. The normalized spacial score (nSPS) is 21.0. The molecular weight excluding hydrogens is 200 g/mol. The zero-order valence-corrected chi connectivity index (χ0v) is 9.57. The van der Waals surface area contributed by atoms with E-state index >= 15 is 0 Å². The van der Waals surface area contributed by atoms with Gasteiger partial charge in [0.1, 0.15) is 0 Å². The molecule has 0 heterocycles. The van der Waals surface area contributed by atoms with Crippen molar-refractivity contribution in [3.8, 4) is 0 Å². The molecule has 3 N–H and O–H groups in total. The number of fused-ring (bicyclic) bond motifs is 1. The van der Waals surface area contributed by atoms with Crippen molar-refractivity contribution >= 4 is 5.91 Å². The molecule has 1 aliphatic rings. The van der Waals surface area contributed by atoms with Crippen LogP contribution in [0.4, 0.5) is 0 Å². The molecule has 0 aliphatic heterocycles. The van der Waals surface area contributed by atoms with Gasteiger partial charge in [-0.25, -0.2) is 0 Å². The van der Waals surface area contributed by atoms with Crippen LogP contribution in [0.2, 0.25) is 0 Å². The maximum Gasteiger partial charge on any atom is 0.236 e. The summed E-state index contributed by atoms with van der Waals surface area (Å²) in [7, 11) is 0. The number of carbonyl (C=O) groups excluding carboxylic acids is 1. The first-order valence-electron chi connectivity index (χ1n) is 5.79. The Labute approximate surface area is 96.0 Å². The lowest BCUT2D eigenvalue weighted by Crippen LogP contribution is -2.45. The topological polar surface area (TPSA) is 55.1 Å². The lowest BCUT2D eigenvalue weighted by Gasteiger charge is -2.26. The van der Waals surface area contributed by atoms with Crippen molar-refractivity contribution in [2.24, 2.45) is 5.73 Å². The molecule has 0 aromatic heterocycles. The van der Waals surface area contributed by atoms with E-state index in [2.05, 4.69) is 29.6 Å².